The van der Waals surface area contributed by atoms with E-state index in [0.29, 0.717) is 5.41 Å². The molecule has 0 bridgehead atoms. The van der Waals surface area contributed by atoms with Gasteiger partial charge in [-0.1, -0.05) is 13.8 Å². The smallest absolute Gasteiger partial charge is 0.309 e. The number of hydrogen-bond donors (Lipinski definition) is 1. The highest BCUT2D eigenvalue weighted by Gasteiger charge is 2.43. The molecule has 3 nitrogen and oxygen atoms in total. The monoisotopic (exact) mass is 261 g/mol. The van der Waals surface area contributed by atoms with Crippen molar-refractivity contribution in [3.8, 4) is 0 Å². The SMILES string of the molecule is CC1(C)CCC(CCc2ccncc2)(C(=O)O)CC1. The van der Waals surface area contributed by atoms with Crippen LogP contribution >= 0.6 is 0 Å². The Morgan fingerprint density at radius 3 is 2.32 bits per heavy atom. The Bertz CT molecular complexity index is 429. The minimum atomic E-state index is -0.614. The van der Waals surface area contributed by atoms with Gasteiger partial charge in [-0.25, -0.2) is 0 Å². The number of pyridine rings is 1. The highest BCUT2D eigenvalue weighted by Crippen LogP contribution is 2.47. The Morgan fingerprint density at radius 2 is 1.79 bits per heavy atom. The van der Waals surface area contributed by atoms with Crippen LogP contribution in [-0.4, -0.2) is 16.1 Å². The van der Waals surface area contributed by atoms with Gasteiger partial charge in [-0.05, 0) is 61.6 Å². The van der Waals surface area contributed by atoms with E-state index in [9.17, 15) is 9.90 Å². The first-order valence-corrected chi connectivity index (χ1v) is 7.06. The van der Waals surface area contributed by atoms with Crippen LogP contribution in [0.25, 0.3) is 0 Å². The maximum absolute atomic E-state index is 11.7. The lowest BCUT2D eigenvalue weighted by molar-refractivity contribution is -0.153. The van der Waals surface area contributed by atoms with Crippen LogP contribution < -0.4 is 0 Å². The van der Waals surface area contributed by atoms with Gasteiger partial charge in [-0.15, -0.1) is 0 Å². The molecule has 2 rings (SSSR count). The molecule has 104 valence electrons. The van der Waals surface area contributed by atoms with E-state index in [4.69, 9.17) is 0 Å². The summed E-state index contributed by atoms with van der Waals surface area (Å²) in [5.74, 6) is -0.614. The number of rotatable bonds is 4. The van der Waals surface area contributed by atoms with Crippen LogP contribution in [0.4, 0.5) is 0 Å². The quantitative estimate of drug-likeness (QED) is 0.899. The Morgan fingerprint density at radius 1 is 1.21 bits per heavy atom. The number of carboxylic acids is 1. The average molecular weight is 261 g/mol. The van der Waals surface area contributed by atoms with E-state index in [-0.39, 0.29) is 0 Å². The zero-order valence-corrected chi connectivity index (χ0v) is 11.9. The predicted octanol–water partition coefficient (Wildman–Crippen LogP) is 3.69. The van der Waals surface area contributed by atoms with Crippen LogP contribution in [-0.2, 0) is 11.2 Å². The van der Waals surface area contributed by atoms with Crippen LogP contribution in [0.5, 0.6) is 0 Å². The molecule has 1 aromatic rings. The zero-order valence-electron chi connectivity index (χ0n) is 11.9. The molecular weight excluding hydrogens is 238 g/mol. The molecule has 1 aliphatic carbocycles. The average Bonchev–Trinajstić information content (AvgIpc) is 2.39. The van der Waals surface area contributed by atoms with Gasteiger partial charge in [0.25, 0.3) is 0 Å². The van der Waals surface area contributed by atoms with Crippen LogP contribution in [0.15, 0.2) is 24.5 Å². The summed E-state index contributed by atoms with van der Waals surface area (Å²) in [7, 11) is 0. The van der Waals surface area contributed by atoms with E-state index in [1.165, 1.54) is 5.56 Å². The fraction of sp³-hybridized carbons (Fsp3) is 0.625. The van der Waals surface area contributed by atoms with Crippen molar-refractivity contribution in [3.63, 3.8) is 0 Å². The Labute approximate surface area is 115 Å². The fourth-order valence-electron chi connectivity index (χ4n) is 2.91. The van der Waals surface area contributed by atoms with Crippen molar-refractivity contribution in [2.45, 2.75) is 52.4 Å². The summed E-state index contributed by atoms with van der Waals surface area (Å²) in [6.07, 6.45) is 8.74. The summed E-state index contributed by atoms with van der Waals surface area (Å²) in [4.78, 5) is 15.7. The van der Waals surface area contributed by atoms with Gasteiger partial charge in [0, 0.05) is 12.4 Å². The molecule has 1 aliphatic rings. The van der Waals surface area contributed by atoms with Crippen LogP contribution in [0.2, 0.25) is 0 Å². The van der Waals surface area contributed by atoms with E-state index in [0.717, 1.165) is 38.5 Å². The molecule has 0 amide bonds. The van der Waals surface area contributed by atoms with Crippen molar-refractivity contribution in [2.75, 3.05) is 0 Å². The molecule has 0 spiro atoms. The molecule has 0 unspecified atom stereocenters. The lowest BCUT2D eigenvalue weighted by Gasteiger charge is -2.41. The fourth-order valence-corrected chi connectivity index (χ4v) is 2.91. The summed E-state index contributed by atoms with van der Waals surface area (Å²) in [5.41, 5.74) is 0.967. The van der Waals surface area contributed by atoms with Gasteiger partial charge in [0.15, 0.2) is 0 Å². The van der Waals surface area contributed by atoms with Gasteiger partial charge < -0.3 is 5.11 Å². The molecule has 1 N–H and O–H groups in total. The Kier molecular flexibility index (Phi) is 3.93. The van der Waals surface area contributed by atoms with Crippen molar-refractivity contribution in [1.82, 2.24) is 4.98 Å². The van der Waals surface area contributed by atoms with Gasteiger partial charge in [0.1, 0.15) is 0 Å². The van der Waals surface area contributed by atoms with Crippen molar-refractivity contribution >= 4 is 5.97 Å². The van der Waals surface area contributed by atoms with Crippen molar-refractivity contribution in [3.05, 3.63) is 30.1 Å². The molecule has 0 aliphatic heterocycles. The number of carbonyl (C=O) groups is 1. The lowest BCUT2D eigenvalue weighted by atomic mass is 9.63. The van der Waals surface area contributed by atoms with Crippen molar-refractivity contribution in [1.29, 1.82) is 0 Å². The van der Waals surface area contributed by atoms with E-state index in [1.807, 2.05) is 12.1 Å². The largest absolute Gasteiger partial charge is 0.481 e. The zero-order chi connectivity index (χ0) is 13.9. The first-order valence-electron chi connectivity index (χ1n) is 7.06. The first-order chi connectivity index (χ1) is 8.94. The van der Waals surface area contributed by atoms with Crippen LogP contribution in [0.3, 0.4) is 0 Å². The van der Waals surface area contributed by atoms with E-state index >= 15 is 0 Å². The molecular formula is C16H23NO2. The number of hydrogen-bond acceptors (Lipinski definition) is 2. The number of aromatic nitrogens is 1. The molecule has 0 saturated heterocycles. The second-order valence-electron chi connectivity index (χ2n) is 6.61. The Balaban J connectivity index is 2.03. The predicted molar refractivity (Wildman–Crippen MR) is 74.9 cm³/mol. The van der Waals surface area contributed by atoms with Gasteiger partial charge >= 0.3 is 5.97 Å². The van der Waals surface area contributed by atoms with E-state index in [1.54, 1.807) is 12.4 Å². The number of carboxylic acid groups (broad SMARTS) is 1. The minimum absolute atomic E-state index is 0.301. The van der Waals surface area contributed by atoms with Crippen LogP contribution in [0, 0.1) is 10.8 Å². The molecule has 19 heavy (non-hydrogen) atoms. The van der Waals surface area contributed by atoms with Crippen molar-refractivity contribution < 1.29 is 9.90 Å². The first kappa shape index (κ1) is 14.0. The van der Waals surface area contributed by atoms with Crippen LogP contribution in [0.1, 0.15) is 51.5 Å². The van der Waals surface area contributed by atoms with Gasteiger partial charge in [-0.3, -0.25) is 9.78 Å². The molecule has 0 aromatic carbocycles. The second-order valence-corrected chi connectivity index (χ2v) is 6.61. The van der Waals surface area contributed by atoms with E-state index in [2.05, 4.69) is 18.8 Å². The lowest BCUT2D eigenvalue weighted by Crippen LogP contribution is -2.38. The molecule has 0 atom stereocenters. The molecule has 3 heteroatoms. The molecule has 1 aromatic heterocycles. The van der Waals surface area contributed by atoms with Gasteiger partial charge in [-0.2, -0.15) is 0 Å². The third-order valence-electron chi connectivity index (χ3n) is 4.66. The summed E-state index contributed by atoms with van der Waals surface area (Å²) in [5, 5.41) is 9.62. The number of aryl methyl sites for hydroxylation is 1. The topological polar surface area (TPSA) is 50.2 Å². The molecule has 1 heterocycles. The number of aliphatic carboxylic acids is 1. The van der Waals surface area contributed by atoms with Gasteiger partial charge in [0.2, 0.25) is 0 Å². The Hall–Kier alpha value is -1.38. The normalized spacial score (nSPS) is 20.9. The standard InChI is InChI=1S/C16H23NO2/c1-15(2)7-9-16(10-8-15,14(18)19)6-3-13-4-11-17-12-5-13/h4-5,11-12H,3,6-10H2,1-2H3,(H,18,19). The number of nitrogens with zero attached hydrogens (tertiary/aromatic N) is 1. The molecule has 1 saturated carbocycles. The maximum Gasteiger partial charge on any atom is 0.309 e. The third kappa shape index (κ3) is 3.34. The van der Waals surface area contributed by atoms with E-state index < -0.39 is 11.4 Å². The molecule has 0 radical (unpaired) electrons. The molecule has 1 fully saturated rings. The summed E-state index contributed by atoms with van der Waals surface area (Å²) in [6.45, 7) is 4.48. The minimum Gasteiger partial charge on any atom is -0.481 e. The second kappa shape index (κ2) is 5.32. The summed E-state index contributed by atoms with van der Waals surface area (Å²) < 4.78 is 0. The maximum atomic E-state index is 11.7. The van der Waals surface area contributed by atoms with Crippen molar-refractivity contribution in [2.24, 2.45) is 10.8 Å². The third-order valence-corrected chi connectivity index (χ3v) is 4.66. The highest BCUT2D eigenvalue weighted by molar-refractivity contribution is 5.74. The highest BCUT2D eigenvalue weighted by atomic mass is 16.4. The van der Waals surface area contributed by atoms with Gasteiger partial charge in [0.05, 0.1) is 5.41 Å². The summed E-state index contributed by atoms with van der Waals surface area (Å²) >= 11 is 0. The summed E-state index contributed by atoms with van der Waals surface area (Å²) in [6, 6.07) is 3.95.